The summed E-state index contributed by atoms with van der Waals surface area (Å²) in [6, 6.07) is 8.25. The molecule has 0 fully saturated rings. The highest BCUT2D eigenvalue weighted by Crippen LogP contribution is 2.11. The quantitative estimate of drug-likeness (QED) is 0.690. The molecule has 0 saturated carbocycles. The first kappa shape index (κ1) is 13.0. The second kappa shape index (κ2) is 6.49. The zero-order chi connectivity index (χ0) is 12.0. The van der Waals surface area contributed by atoms with Gasteiger partial charge >= 0.3 is 0 Å². The van der Waals surface area contributed by atoms with Gasteiger partial charge in [-0.1, -0.05) is 29.8 Å². The number of hydrogen-bond acceptors (Lipinski definition) is 1. The molecule has 2 heteroatoms. The van der Waals surface area contributed by atoms with Crippen molar-refractivity contribution in [1.29, 1.82) is 0 Å². The van der Waals surface area contributed by atoms with E-state index in [2.05, 4.69) is 37.0 Å². The fourth-order valence-corrected chi connectivity index (χ4v) is 1.46. The molecule has 0 spiro atoms. The second-order valence-electron chi connectivity index (χ2n) is 3.99. The van der Waals surface area contributed by atoms with E-state index in [1.165, 1.54) is 11.1 Å². The van der Waals surface area contributed by atoms with Gasteiger partial charge < -0.3 is 0 Å². The van der Waals surface area contributed by atoms with Crippen molar-refractivity contribution in [2.24, 2.45) is 4.99 Å². The van der Waals surface area contributed by atoms with Gasteiger partial charge in [-0.3, -0.25) is 4.99 Å². The van der Waals surface area contributed by atoms with E-state index in [-0.39, 0.29) is 0 Å². The molecule has 1 nitrogen and oxygen atoms in total. The molecule has 0 aliphatic carbocycles. The normalized spacial score (nSPS) is 14.4. The van der Waals surface area contributed by atoms with E-state index in [4.69, 9.17) is 11.6 Å². The molecular formula is C14H18ClN. The Hall–Kier alpha value is -1.08. The highest BCUT2D eigenvalue weighted by molar-refractivity contribution is 6.30. The standard InChI is InChI=1S/C14H18ClN/c1-4-11(2)10-16-12(3)9-13-5-7-14(15)8-6-13/h4-8,10,12H,9H2,1-3H3/b11-4-,16-10-. The van der Waals surface area contributed by atoms with Crippen LogP contribution in [0.2, 0.25) is 5.02 Å². The molecule has 86 valence electrons. The van der Waals surface area contributed by atoms with E-state index in [0.717, 1.165) is 11.4 Å². The molecule has 0 N–H and O–H groups in total. The first-order chi connectivity index (χ1) is 7.61. The summed E-state index contributed by atoms with van der Waals surface area (Å²) in [6.07, 6.45) is 4.93. The Balaban J connectivity index is 2.54. The molecule has 0 aliphatic heterocycles. The maximum atomic E-state index is 5.83. The van der Waals surface area contributed by atoms with Crippen LogP contribution in [0.3, 0.4) is 0 Å². The monoisotopic (exact) mass is 235 g/mol. The van der Waals surface area contributed by atoms with Crippen molar-refractivity contribution >= 4 is 17.8 Å². The zero-order valence-electron chi connectivity index (χ0n) is 10.1. The molecule has 0 aliphatic rings. The maximum absolute atomic E-state index is 5.83. The van der Waals surface area contributed by atoms with Gasteiger partial charge in [0.1, 0.15) is 0 Å². The van der Waals surface area contributed by atoms with Crippen LogP contribution in [0.5, 0.6) is 0 Å². The largest absolute Gasteiger partial charge is 0.290 e. The van der Waals surface area contributed by atoms with Crippen LogP contribution in [0.25, 0.3) is 0 Å². The summed E-state index contributed by atoms with van der Waals surface area (Å²) in [5.41, 5.74) is 2.47. The molecule has 1 rings (SSSR count). The molecule has 0 aromatic heterocycles. The number of nitrogens with zero attached hydrogens (tertiary/aromatic N) is 1. The summed E-state index contributed by atoms with van der Waals surface area (Å²) < 4.78 is 0. The molecule has 0 saturated heterocycles. The van der Waals surface area contributed by atoms with Crippen LogP contribution in [0.15, 0.2) is 40.9 Å². The average molecular weight is 236 g/mol. The summed E-state index contributed by atoms with van der Waals surface area (Å²) >= 11 is 5.83. The Morgan fingerprint density at radius 2 is 2.00 bits per heavy atom. The zero-order valence-corrected chi connectivity index (χ0v) is 10.8. The van der Waals surface area contributed by atoms with Gasteiger partial charge in [0.25, 0.3) is 0 Å². The number of benzene rings is 1. The molecule has 0 radical (unpaired) electrons. The third kappa shape index (κ3) is 4.63. The fourth-order valence-electron chi connectivity index (χ4n) is 1.33. The lowest BCUT2D eigenvalue weighted by Gasteiger charge is -2.06. The smallest absolute Gasteiger partial charge is 0.0511 e. The number of halogens is 1. The Labute approximate surface area is 103 Å². The highest BCUT2D eigenvalue weighted by Gasteiger charge is 2.00. The van der Waals surface area contributed by atoms with E-state index in [1.54, 1.807) is 0 Å². The summed E-state index contributed by atoms with van der Waals surface area (Å²) in [6.45, 7) is 6.19. The van der Waals surface area contributed by atoms with Crippen LogP contribution >= 0.6 is 11.6 Å². The molecule has 1 aromatic rings. The fraction of sp³-hybridized carbons (Fsp3) is 0.357. The molecule has 0 heterocycles. The van der Waals surface area contributed by atoms with Gasteiger partial charge in [0, 0.05) is 11.2 Å². The number of aliphatic imine (C=N–C) groups is 1. The van der Waals surface area contributed by atoms with E-state index >= 15 is 0 Å². The SMILES string of the molecule is C/C=C(C)\C=N/C(C)Cc1ccc(Cl)cc1. The summed E-state index contributed by atoms with van der Waals surface area (Å²) in [7, 11) is 0. The van der Waals surface area contributed by atoms with Gasteiger partial charge in [-0.05, 0) is 50.5 Å². The van der Waals surface area contributed by atoms with Crippen molar-refractivity contribution < 1.29 is 0 Å². The second-order valence-corrected chi connectivity index (χ2v) is 4.43. The van der Waals surface area contributed by atoms with Crippen molar-refractivity contribution in [3.8, 4) is 0 Å². The van der Waals surface area contributed by atoms with Crippen molar-refractivity contribution in [2.45, 2.75) is 33.2 Å². The Morgan fingerprint density at radius 3 is 2.56 bits per heavy atom. The Kier molecular flexibility index (Phi) is 5.27. The summed E-state index contributed by atoms with van der Waals surface area (Å²) in [5.74, 6) is 0. The van der Waals surface area contributed by atoms with Gasteiger partial charge in [0.05, 0.1) is 6.04 Å². The summed E-state index contributed by atoms with van der Waals surface area (Å²) in [5, 5.41) is 0.782. The minimum Gasteiger partial charge on any atom is -0.290 e. The van der Waals surface area contributed by atoms with E-state index in [9.17, 15) is 0 Å². The topological polar surface area (TPSA) is 12.4 Å². The van der Waals surface area contributed by atoms with Crippen LogP contribution in [-0.4, -0.2) is 12.3 Å². The minimum absolute atomic E-state index is 0.302. The van der Waals surface area contributed by atoms with Crippen LogP contribution in [0.1, 0.15) is 26.3 Å². The van der Waals surface area contributed by atoms with Crippen LogP contribution in [0, 0.1) is 0 Å². The lowest BCUT2D eigenvalue weighted by atomic mass is 10.1. The minimum atomic E-state index is 0.302. The van der Waals surface area contributed by atoms with Crippen LogP contribution in [0.4, 0.5) is 0 Å². The van der Waals surface area contributed by atoms with E-state index in [0.29, 0.717) is 6.04 Å². The van der Waals surface area contributed by atoms with E-state index in [1.807, 2.05) is 25.3 Å². The third-order valence-corrected chi connectivity index (χ3v) is 2.68. The first-order valence-electron chi connectivity index (χ1n) is 5.52. The maximum Gasteiger partial charge on any atom is 0.0511 e. The van der Waals surface area contributed by atoms with Gasteiger partial charge in [-0.2, -0.15) is 0 Å². The Morgan fingerprint density at radius 1 is 1.38 bits per heavy atom. The Bertz CT molecular complexity index is 376. The number of rotatable bonds is 4. The van der Waals surface area contributed by atoms with Crippen LogP contribution in [-0.2, 0) is 6.42 Å². The van der Waals surface area contributed by atoms with Crippen molar-refractivity contribution in [2.75, 3.05) is 0 Å². The van der Waals surface area contributed by atoms with Gasteiger partial charge in [0.2, 0.25) is 0 Å². The molecule has 1 atom stereocenters. The number of allylic oxidation sites excluding steroid dienone is 2. The highest BCUT2D eigenvalue weighted by atomic mass is 35.5. The third-order valence-electron chi connectivity index (χ3n) is 2.43. The first-order valence-corrected chi connectivity index (χ1v) is 5.90. The van der Waals surface area contributed by atoms with Crippen LogP contribution < -0.4 is 0 Å². The van der Waals surface area contributed by atoms with Crippen molar-refractivity contribution in [1.82, 2.24) is 0 Å². The molecule has 0 amide bonds. The van der Waals surface area contributed by atoms with Gasteiger partial charge in [0.15, 0.2) is 0 Å². The van der Waals surface area contributed by atoms with Gasteiger partial charge in [-0.25, -0.2) is 0 Å². The number of hydrogen-bond donors (Lipinski definition) is 0. The average Bonchev–Trinajstić information content (AvgIpc) is 2.29. The molecule has 1 aromatic carbocycles. The lowest BCUT2D eigenvalue weighted by molar-refractivity contribution is 0.744. The molecule has 0 bridgehead atoms. The molecule has 1 unspecified atom stereocenters. The predicted octanol–water partition coefficient (Wildman–Crippen LogP) is 4.31. The van der Waals surface area contributed by atoms with Crippen molar-refractivity contribution in [3.05, 3.63) is 46.5 Å². The lowest BCUT2D eigenvalue weighted by Crippen LogP contribution is -2.03. The van der Waals surface area contributed by atoms with Crippen molar-refractivity contribution in [3.63, 3.8) is 0 Å². The van der Waals surface area contributed by atoms with Gasteiger partial charge in [-0.15, -0.1) is 0 Å². The van der Waals surface area contributed by atoms with E-state index < -0.39 is 0 Å². The molecule has 16 heavy (non-hydrogen) atoms. The predicted molar refractivity (Wildman–Crippen MR) is 72.5 cm³/mol. The summed E-state index contributed by atoms with van der Waals surface area (Å²) in [4.78, 5) is 4.49. The molecular weight excluding hydrogens is 218 g/mol.